The molecule has 0 radical (unpaired) electrons. The molecule has 1 aliphatic rings. The molecule has 118 valence electrons. The Kier molecular flexibility index (Phi) is 3.75. The Bertz CT molecular complexity index is 830. The molecular formula is C16H15ClN4O2. The van der Waals surface area contributed by atoms with Crippen molar-refractivity contribution in [2.24, 2.45) is 0 Å². The molecule has 0 amide bonds. The summed E-state index contributed by atoms with van der Waals surface area (Å²) in [7, 11) is 0. The number of fused-ring (bicyclic) bond motifs is 1. The number of nitrogens with zero attached hydrogens (tertiary/aromatic N) is 4. The first-order valence-electron chi connectivity index (χ1n) is 7.55. The standard InChI is InChI=1S/C16H15ClN4O2/c17-12-5-6-13(15-11(12)4-3-7-18-15)22-10-14-19-16(20-23-14)21-8-1-2-9-21/h3-7H,1-2,8-10H2. The maximum Gasteiger partial charge on any atom is 0.266 e. The molecule has 1 fully saturated rings. The minimum absolute atomic E-state index is 0.203. The van der Waals surface area contributed by atoms with Gasteiger partial charge in [0.25, 0.3) is 11.8 Å². The molecule has 0 bridgehead atoms. The molecule has 1 saturated heterocycles. The van der Waals surface area contributed by atoms with Crippen molar-refractivity contribution in [1.29, 1.82) is 0 Å². The normalized spacial score (nSPS) is 14.6. The summed E-state index contributed by atoms with van der Waals surface area (Å²) in [5, 5.41) is 5.51. The van der Waals surface area contributed by atoms with Crippen LogP contribution >= 0.6 is 11.6 Å². The molecule has 0 saturated carbocycles. The Labute approximate surface area is 138 Å². The topological polar surface area (TPSA) is 64.3 Å². The fourth-order valence-electron chi connectivity index (χ4n) is 2.72. The average Bonchev–Trinajstić information content (AvgIpc) is 3.26. The van der Waals surface area contributed by atoms with Crippen LogP contribution < -0.4 is 9.64 Å². The first kappa shape index (κ1) is 14.3. The molecule has 0 N–H and O–H groups in total. The first-order chi connectivity index (χ1) is 11.3. The van der Waals surface area contributed by atoms with Crippen LogP contribution in [0, 0.1) is 0 Å². The summed E-state index contributed by atoms with van der Waals surface area (Å²) >= 11 is 6.18. The number of ether oxygens (including phenoxy) is 1. The van der Waals surface area contributed by atoms with Crippen molar-refractivity contribution in [2.45, 2.75) is 19.4 Å². The molecule has 0 unspecified atom stereocenters. The highest BCUT2D eigenvalue weighted by Gasteiger charge is 2.18. The van der Waals surface area contributed by atoms with Gasteiger partial charge in [0, 0.05) is 24.7 Å². The SMILES string of the molecule is Clc1ccc(OCc2nc(N3CCCC3)no2)c2ncccc12. The van der Waals surface area contributed by atoms with Gasteiger partial charge in [-0.3, -0.25) is 4.98 Å². The smallest absolute Gasteiger partial charge is 0.266 e. The Morgan fingerprint density at radius 2 is 2.09 bits per heavy atom. The van der Waals surface area contributed by atoms with E-state index >= 15 is 0 Å². The summed E-state index contributed by atoms with van der Waals surface area (Å²) < 4.78 is 11.1. The zero-order valence-corrected chi connectivity index (χ0v) is 13.2. The minimum Gasteiger partial charge on any atom is -0.481 e. The van der Waals surface area contributed by atoms with E-state index in [1.165, 1.54) is 12.8 Å². The fraction of sp³-hybridized carbons (Fsp3) is 0.312. The Hall–Kier alpha value is -2.34. The lowest BCUT2D eigenvalue weighted by Crippen LogP contribution is -2.18. The summed E-state index contributed by atoms with van der Waals surface area (Å²) in [6.45, 7) is 2.16. The van der Waals surface area contributed by atoms with Crippen LogP contribution in [0.1, 0.15) is 18.7 Å². The number of hydrogen-bond donors (Lipinski definition) is 0. The molecule has 0 atom stereocenters. The van der Waals surface area contributed by atoms with Gasteiger partial charge in [-0.1, -0.05) is 11.6 Å². The molecule has 7 heteroatoms. The van der Waals surface area contributed by atoms with Crippen molar-refractivity contribution in [3.05, 3.63) is 41.4 Å². The molecule has 1 aromatic carbocycles. The third-order valence-corrected chi connectivity index (χ3v) is 4.21. The van der Waals surface area contributed by atoms with Crippen molar-refractivity contribution in [1.82, 2.24) is 15.1 Å². The van der Waals surface area contributed by atoms with E-state index in [2.05, 4.69) is 20.0 Å². The van der Waals surface area contributed by atoms with Crippen molar-refractivity contribution in [3.8, 4) is 5.75 Å². The van der Waals surface area contributed by atoms with E-state index in [0.29, 0.717) is 22.6 Å². The number of hydrogen-bond acceptors (Lipinski definition) is 6. The fourth-order valence-corrected chi connectivity index (χ4v) is 2.93. The Balaban J connectivity index is 1.52. The molecule has 0 aliphatic carbocycles. The third kappa shape index (κ3) is 2.82. The predicted molar refractivity (Wildman–Crippen MR) is 86.8 cm³/mol. The maximum atomic E-state index is 6.18. The van der Waals surface area contributed by atoms with Gasteiger partial charge in [0.05, 0.1) is 5.02 Å². The second kappa shape index (κ2) is 6.04. The van der Waals surface area contributed by atoms with E-state index in [-0.39, 0.29) is 6.61 Å². The van der Waals surface area contributed by atoms with Gasteiger partial charge >= 0.3 is 0 Å². The highest BCUT2D eigenvalue weighted by molar-refractivity contribution is 6.35. The molecule has 3 aromatic rings. The van der Waals surface area contributed by atoms with Crippen LogP contribution in [0.3, 0.4) is 0 Å². The number of benzene rings is 1. The molecule has 3 heterocycles. The van der Waals surface area contributed by atoms with Crippen LogP contribution in [0.4, 0.5) is 5.95 Å². The van der Waals surface area contributed by atoms with Crippen molar-refractivity contribution < 1.29 is 9.26 Å². The summed E-state index contributed by atoms with van der Waals surface area (Å²) in [6.07, 6.45) is 4.05. The van der Waals surface area contributed by atoms with Crippen molar-refractivity contribution >= 4 is 28.5 Å². The Morgan fingerprint density at radius 1 is 1.22 bits per heavy atom. The highest BCUT2D eigenvalue weighted by Crippen LogP contribution is 2.30. The van der Waals surface area contributed by atoms with Gasteiger partial charge in [-0.05, 0) is 42.3 Å². The van der Waals surface area contributed by atoms with Gasteiger partial charge in [0.2, 0.25) is 0 Å². The van der Waals surface area contributed by atoms with Crippen LogP contribution in [0.15, 0.2) is 35.0 Å². The molecule has 6 nitrogen and oxygen atoms in total. The monoisotopic (exact) mass is 330 g/mol. The van der Waals surface area contributed by atoms with Crippen LogP contribution in [0.2, 0.25) is 5.02 Å². The summed E-state index contributed by atoms with van der Waals surface area (Å²) in [6, 6.07) is 7.35. The van der Waals surface area contributed by atoms with Gasteiger partial charge in [0.1, 0.15) is 11.3 Å². The van der Waals surface area contributed by atoms with Gasteiger partial charge in [-0.15, -0.1) is 0 Å². The summed E-state index contributed by atoms with van der Waals surface area (Å²) in [4.78, 5) is 10.8. The summed E-state index contributed by atoms with van der Waals surface area (Å²) in [5.41, 5.74) is 0.722. The lowest BCUT2D eigenvalue weighted by molar-refractivity contribution is 0.245. The first-order valence-corrected chi connectivity index (χ1v) is 7.92. The van der Waals surface area contributed by atoms with E-state index in [9.17, 15) is 0 Å². The second-order valence-electron chi connectivity index (χ2n) is 5.42. The van der Waals surface area contributed by atoms with Gasteiger partial charge in [-0.2, -0.15) is 4.98 Å². The lowest BCUT2D eigenvalue weighted by atomic mass is 10.2. The zero-order chi connectivity index (χ0) is 15.6. The molecule has 4 rings (SSSR count). The van der Waals surface area contributed by atoms with Crippen LogP contribution in [0.5, 0.6) is 5.75 Å². The average molecular weight is 331 g/mol. The predicted octanol–water partition coefficient (Wildman–Crippen LogP) is 3.45. The third-order valence-electron chi connectivity index (χ3n) is 3.88. The Morgan fingerprint density at radius 3 is 2.96 bits per heavy atom. The minimum atomic E-state index is 0.203. The number of anilines is 1. The van der Waals surface area contributed by atoms with Crippen molar-refractivity contribution in [3.63, 3.8) is 0 Å². The number of pyridine rings is 1. The highest BCUT2D eigenvalue weighted by atomic mass is 35.5. The van der Waals surface area contributed by atoms with Gasteiger partial charge in [-0.25, -0.2) is 0 Å². The van der Waals surface area contributed by atoms with E-state index in [1.54, 1.807) is 18.3 Å². The van der Waals surface area contributed by atoms with Crippen LogP contribution in [-0.2, 0) is 6.61 Å². The summed E-state index contributed by atoms with van der Waals surface area (Å²) in [5.74, 6) is 1.73. The zero-order valence-electron chi connectivity index (χ0n) is 12.4. The van der Waals surface area contributed by atoms with Crippen LogP contribution in [0.25, 0.3) is 10.9 Å². The molecule has 0 spiro atoms. The maximum absolute atomic E-state index is 6.18. The molecule has 23 heavy (non-hydrogen) atoms. The quantitative estimate of drug-likeness (QED) is 0.730. The number of halogens is 1. The van der Waals surface area contributed by atoms with E-state index in [0.717, 1.165) is 24.0 Å². The largest absolute Gasteiger partial charge is 0.481 e. The van der Waals surface area contributed by atoms with Gasteiger partial charge in [0.15, 0.2) is 6.61 Å². The van der Waals surface area contributed by atoms with Crippen molar-refractivity contribution in [2.75, 3.05) is 18.0 Å². The van der Waals surface area contributed by atoms with Gasteiger partial charge < -0.3 is 14.2 Å². The molecular weight excluding hydrogens is 316 g/mol. The van der Waals surface area contributed by atoms with E-state index in [4.69, 9.17) is 20.9 Å². The van der Waals surface area contributed by atoms with Crippen LogP contribution in [-0.4, -0.2) is 28.2 Å². The lowest BCUT2D eigenvalue weighted by Gasteiger charge is -2.10. The second-order valence-corrected chi connectivity index (χ2v) is 5.82. The number of rotatable bonds is 4. The molecule has 2 aromatic heterocycles. The molecule has 1 aliphatic heterocycles. The number of aromatic nitrogens is 3. The van der Waals surface area contributed by atoms with E-state index in [1.807, 2.05) is 12.1 Å². The van der Waals surface area contributed by atoms with E-state index < -0.39 is 0 Å².